The molecule has 2 rings (SSSR count). The Labute approximate surface area is 205 Å². The molecule has 2 aromatic rings. The van der Waals surface area contributed by atoms with Gasteiger partial charge in [-0.15, -0.1) is 5.54 Å². The van der Waals surface area contributed by atoms with Crippen molar-refractivity contribution in [3.05, 3.63) is 72.5 Å². The van der Waals surface area contributed by atoms with Gasteiger partial charge in [-0.25, -0.2) is 0 Å². The zero-order chi connectivity index (χ0) is 24.9. The SMILES string of the molecule is C/C=C(/C#C[Si](C(C)C)(C(C)C)C(C)C)O[Si](c1ccccc1)(c1ccccc1)C(C)(C)C. The molecule has 2 aromatic carbocycles. The van der Waals surface area contributed by atoms with Gasteiger partial charge >= 0.3 is 8.32 Å². The molecule has 33 heavy (non-hydrogen) atoms. The van der Waals surface area contributed by atoms with E-state index in [1.54, 1.807) is 0 Å². The van der Waals surface area contributed by atoms with Crippen molar-refractivity contribution in [1.29, 1.82) is 0 Å². The van der Waals surface area contributed by atoms with E-state index in [0.717, 1.165) is 5.76 Å². The number of allylic oxidation sites excluding steroid dienone is 2. The highest BCUT2D eigenvalue weighted by molar-refractivity contribution is 6.99. The number of hydrogen-bond donors (Lipinski definition) is 0. The second-order valence-corrected chi connectivity index (χ2v) is 20.9. The van der Waals surface area contributed by atoms with Crippen molar-refractivity contribution in [3.8, 4) is 11.5 Å². The molecule has 1 nitrogen and oxygen atoms in total. The highest BCUT2D eigenvalue weighted by Gasteiger charge is 2.52. The average Bonchev–Trinajstić information content (AvgIpc) is 2.76. The Bertz CT molecular complexity index is 909. The third kappa shape index (κ3) is 5.39. The summed E-state index contributed by atoms with van der Waals surface area (Å²) < 4.78 is 7.21. The van der Waals surface area contributed by atoms with E-state index >= 15 is 0 Å². The van der Waals surface area contributed by atoms with Crippen molar-refractivity contribution in [2.75, 3.05) is 0 Å². The van der Waals surface area contributed by atoms with Crippen LogP contribution in [0, 0.1) is 11.5 Å². The standard InChI is InChI=1S/C30H44OSi2/c1-11-27(22-23-32(24(2)3,25(4)5)26(6)7)31-33(30(8,9)10,28-18-14-12-15-19-28)29-20-16-13-17-21-29/h11-21,24-26H,1-10H3/b27-11-. The van der Waals surface area contributed by atoms with Crippen LogP contribution in [0.2, 0.25) is 21.7 Å². The van der Waals surface area contributed by atoms with Crippen molar-refractivity contribution < 1.29 is 4.43 Å². The summed E-state index contributed by atoms with van der Waals surface area (Å²) in [5, 5.41) is 2.49. The van der Waals surface area contributed by atoms with Crippen LogP contribution < -0.4 is 10.4 Å². The smallest absolute Gasteiger partial charge is 0.320 e. The molecule has 0 atom stereocenters. The molecular weight excluding hydrogens is 433 g/mol. The van der Waals surface area contributed by atoms with E-state index in [1.165, 1.54) is 10.4 Å². The van der Waals surface area contributed by atoms with Crippen LogP contribution in [0.5, 0.6) is 0 Å². The van der Waals surface area contributed by atoms with E-state index in [2.05, 4.69) is 147 Å². The van der Waals surface area contributed by atoms with Gasteiger partial charge in [0.25, 0.3) is 0 Å². The van der Waals surface area contributed by atoms with Crippen molar-refractivity contribution in [3.63, 3.8) is 0 Å². The summed E-state index contributed by atoms with van der Waals surface area (Å²) in [4.78, 5) is 0. The molecule has 0 unspecified atom stereocenters. The van der Waals surface area contributed by atoms with Crippen LogP contribution in [-0.4, -0.2) is 16.4 Å². The first kappa shape index (κ1) is 27.2. The molecule has 0 aromatic heterocycles. The van der Waals surface area contributed by atoms with Crippen LogP contribution in [0.1, 0.15) is 69.2 Å². The molecule has 0 N–H and O–H groups in total. The molecule has 0 heterocycles. The molecule has 0 fully saturated rings. The maximum Gasteiger partial charge on any atom is 0.320 e. The lowest BCUT2D eigenvalue weighted by Crippen LogP contribution is -2.66. The monoisotopic (exact) mass is 476 g/mol. The Hall–Kier alpha value is -2.03. The molecule has 0 amide bonds. The largest absolute Gasteiger partial charge is 0.528 e. The number of hydrogen-bond acceptors (Lipinski definition) is 1. The third-order valence-electron chi connectivity index (χ3n) is 7.21. The molecule has 0 radical (unpaired) electrons. The van der Waals surface area contributed by atoms with E-state index in [1.807, 2.05) is 0 Å². The van der Waals surface area contributed by atoms with Gasteiger partial charge in [0.05, 0.1) is 0 Å². The van der Waals surface area contributed by atoms with Gasteiger partial charge in [-0.2, -0.15) is 0 Å². The van der Waals surface area contributed by atoms with Crippen molar-refractivity contribution in [2.24, 2.45) is 0 Å². The Morgan fingerprint density at radius 2 is 1.15 bits per heavy atom. The molecular formula is C30H44OSi2. The predicted octanol–water partition coefficient (Wildman–Crippen LogP) is 7.69. The van der Waals surface area contributed by atoms with Gasteiger partial charge < -0.3 is 4.43 Å². The van der Waals surface area contributed by atoms with Gasteiger partial charge in [-0.1, -0.05) is 123 Å². The van der Waals surface area contributed by atoms with Gasteiger partial charge in [-0.3, -0.25) is 0 Å². The molecule has 0 spiro atoms. The maximum atomic E-state index is 7.21. The van der Waals surface area contributed by atoms with Gasteiger partial charge in [0.2, 0.25) is 0 Å². The minimum atomic E-state index is -2.67. The Morgan fingerprint density at radius 1 is 0.758 bits per heavy atom. The minimum absolute atomic E-state index is 0.0751. The van der Waals surface area contributed by atoms with Crippen molar-refractivity contribution >= 4 is 26.8 Å². The van der Waals surface area contributed by atoms with Gasteiger partial charge in [0.1, 0.15) is 8.07 Å². The maximum absolute atomic E-state index is 7.21. The topological polar surface area (TPSA) is 9.23 Å². The summed E-state index contributed by atoms with van der Waals surface area (Å²) in [5.41, 5.74) is 5.66. The third-order valence-corrected chi connectivity index (χ3v) is 18.4. The normalized spacial score (nSPS) is 13.3. The van der Waals surface area contributed by atoms with E-state index in [9.17, 15) is 0 Å². The highest BCUT2D eigenvalue weighted by atomic mass is 28.4. The molecule has 0 saturated carbocycles. The molecule has 0 bridgehead atoms. The minimum Gasteiger partial charge on any atom is -0.528 e. The number of benzene rings is 2. The van der Waals surface area contributed by atoms with Crippen LogP contribution >= 0.6 is 0 Å². The summed E-state index contributed by atoms with van der Waals surface area (Å²) in [7, 11) is -4.52. The van der Waals surface area contributed by atoms with E-state index in [-0.39, 0.29) is 5.04 Å². The van der Waals surface area contributed by atoms with Crippen LogP contribution in [0.4, 0.5) is 0 Å². The summed E-state index contributed by atoms with van der Waals surface area (Å²) in [6, 6.07) is 21.6. The van der Waals surface area contributed by atoms with E-state index in [4.69, 9.17) is 4.43 Å². The fourth-order valence-corrected chi connectivity index (χ4v) is 15.2. The van der Waals surface area contributed by atoms with Crippen molar-refractivity contribution in [2.45, 2.75) is 90.9 Å². The fourth-order valence-electron chi connectivity index (χ4n) is 5.57. The zero-order valence-corrected chi connectivity index (χ0v) is 24.5. The first-order valence-electron chi connectivity index (χ1n) is 12.4. The summed E-state index contributed by atoms with van der Waals surface area (Å²) in [6.45, 7) is 23.2. The predicted molar refractivity (Wildman–Crippen MR) is 151 cm³/mol. The van der Waals surface area contributed by atoms with E-state index < -0.39 is 16.4 Å². The van der Waals surface area contributed by atoms with E-state index in [0.29, 0.717) is 16.6 Å². The van der Waals surface area contributed by atoms with Crippen LogP contribution in [0.15, 0.2) is 72.5 Å². The zero-order valence-electron chi connectivity index (χ0n) is 22.5. The van der Waals surface area contributed by atoms with Gasteiger partial charge in [0, 0.05) is 0 Å². The Morgan fingerprint density at radius 3 is 1.45 bits per heavy atom. The molecule has 3 heteroatoms. The highest BCUT2D eigenvalue weighted by Crippen LogP contribution is 2.41. The lowest BCUT2D eigenvalue weighted by atomic mass is 10.2. The van der Waals surface area contributed by atoms with Crippen molar-refractivity contribution in [1.82, 2.24) is 0 Å². The summed E-state index contributed by atoms with van der Waals surface area (Å²) in [5.74, 6) is 4.43. The first-order chi connectivity index (χ1) is 15.4. The fraction of sp³-hybridized carbons (Fsp3) is 0.467. The second-order valence-electron chi connectivity index (χ2n) is 11.1. The number of rotatable bonds is 7. The quantitative estimate of drug-likeness (QED) is 0.226. The lowest BCUT2D eigenvalue weighted by molar-refractivity contribution is 0.417. The van der Waals surface area contributed by atoms with Crippen LogP contribution in [0.3, 0.4) is 0 Å². The molecule has 0 saturated heterocycles. The molecule has 0 aliphatic carbocycles. The summed E-state index contributed by atoms with van der Waals surface area (Å²) >= 11 is 0. The van der Waals surface area contributed by atoms with Crippen LogP contribution in [0.25, 0.3) is 0 Å². The average molecular weight is 477 g/mol. The first-order valence-corrected chi connectivity index (χ1v) is 16.6. The van der Waals surface area contributed by atoms with Gasteiger partial charge in [-0.05, 0) is 51.0 Å². The molecule has 178 valence electrons. The summed E-state index contributed by atoms with van der Waals surface area (Å²) in [6.07, 6.45) is 2.08. The second kappa shape index (κ2) is 10.9. The van der Waals surface area contributed by atoms with Gasteiger partial charge in [0.15, 0.2) is 5.76 Å². The molecule has 0 aliphatic heterocycles. The Balaban J connectivity index is 2.73. The molecule has 0 aliphatic rings. The van der Waals surface area contributed by atoms with Crippen LogP contribution in [-0.2, 0) is 4.43 Å². The Kier molecular flexibility index (Phi) is 9.02. The lowest BCUT2D eigenvalue weighted by Gasteiger charge is -2.43.